The molecular formula is C13H28O2Si2. The summed E-state index contributed by atoms with van der Waals surface area (Å²) in [5.74, 6) is 0.604. The zero-order valence-corrected chi connectivity index (χ0v) is 14.5. The van der Waals surface area contributed by atoms with Gasteiger partial charge < -0.3 is 4.74 Å². The summed E-state index contributed by atoms with van der Waals surface area (Å²) < 4.78 is 5.43. The first kappa shape index (κ1) is 15.0. The number of carbonyl (C=O) groups excluding carboxylic acids is 1. The van der Waals surface area contributed by atoms with Crippen LogP contribution in [0, 0.1) is 5.92 Å². The van der Waals surface area contributed by atoms with Crippen molar-refractivity contribution in [2.75, 3.05) is 0 Å². The van der Waals surface area contributed by atoms with E-state index in [1.807, 2.05) is 20.8 Å². The standard InChI is InChI=1S/C13H28O2Si2/c1-13(2,3)15-12(14)8-11-9-16(4,5)17(6,7)10-11/h11H,8-10H2,1-7H3. The zero-order chi connectivity index (χ0) is 13.5. The summed E-state index contributed by atoms with van der Waals surface area (Å²) in [5.41, 5.74) is -0.338. The summed E-state index contributed by atoms with van der Waals surface area (Å²) >= 11 is 0. The van der Waals surface area contributed by atoms with Crippen LogP contribution in [0.1, 0.15) is 27.2 Å². The first-order valence-electron chi connectivity index (χ1n) is 6.65. The molecule has 2 nitrogen and oxygen atoms in total. The van der Waals surface area contributed by atoms with Crippen molar-refractivity contribution in [3.05, 3.63) is 0 Å². The molecule has 4 heteroatoms. The molecule has 17 heavy (non-hydrogen) atoms. The average molecular weight is 273 g/mol. The van der Waals surface area contributed by atoms with Gasteiger partial charge in [0.15, 0.2) is 0 Å². The van der Waals surface area contributed by atoms with Crippen LogP contribution in [-0.4, -0.2) is 26.8 Å². The molecule has 0 aromatic carbocycles. The maximum atomic E-state index is 11.8. The summed E-state index contributed by atoms with van der Waals surface area (Å²) in [6, 6.07) is 2.65. The molecule has 0 radical (unpaired) electrons. The molecule has 0 atom stereocenters. The van der Waals surface area contributed by atoms with Gasteiger partial charge in [-0.05, 0) is 26.7 Å². The number of hydrogen-bond donors (Lipinski definition) is 0. The number of ether oxygens (including phenoxy) is 1. The SMILES string of the molecule is CC(C)(C)OC(=O)CC1C[Si](C)(C)[Si](C)(C)C1. The fourth-order valence-corrected chi connectivity index (χ4v) is 12.7. The monoisotopic (exact) mass is 272 g/mol. The van der Waals surface area contributed by atoms with E-state index in [2.05, 4.69) is 26.2 Å². The van der Waals surface area contributed by atoms with E-state index in [4.69, 9.17) is 4.74 Å². The molecule has 1 aliphatic heterocycles. The van der Waals surface area contributed by atoms with Crippen LogP contribution < -0.4 is 0 Å². The van der Waals surface area contributed by atoms with Crippen LogP contribution in [-0.2, 0) is 9.53 Å². The fraction of sp³-hybridized carbons (Fsp3) is 0.923. The van der Waals surface area contributed by atoms with E-state index < -0.39 is 15.2 Å². The highest BCUT2D eigenvalue weighted by molar-refractivity contribution is 7.41. The van der Waals surface area contributed by atoms with Gasteiger partial charge in [-0.1, -0.05) is 38.3 Å². The molecule has 0 saturated carbocycles. The van der Waals surface area contributed by atoms with E-state index in [-0.39, 0.29) is 11.6 Å². The van der Waals surface area contributed by atoms with Crippen molar-refractivity contribution in [3.63, 3.8) is 0 Å². The van der Waals surface area contributed by atoms with Crippen molar-refractivity contribution < 1.29 is 9.53 Å². The lowest BCUT2D eigenvalue weighted by atomic mass is 10.1. The molecule has 1 aliphatic rings. The third kappa shape index (κ3) is 3.95. The van der Waals surface area contributed by atoms with Crippen LogP contribution >= 0.6 is 0 Å². The second-order valence-electron chi connectivity index (χ2n) is 7.83. The Hall–Kier alpha value is -0.0962. The molecule has 0 aliphatic carbocycles. The molecule has 0 spiro atoms. The molecule has 0 bridgehead atoms. The lowest BCUT2D eigenvalue weighted by Crippen LogP contribution is -2.49. The van der Waals surface area contributed by atoms with E-state index in [0.717, 1.165) is 0 Å². The number of carbonyl (C=O) groups is 1. The summed E-state index contributed by atoms with van der Waals surface area (Å²) in [5, 5.41) is 0. The summed E-state index contributed by atoms with van der Waals surface area (Å²) in [4.78, 5) is 11.8. The minimum absolute atomic E-state index is 0.000926. The van der Waals surface area contributed by atoms with Gasteiger partial charge in [0, 0.05) is 21.6 Å². The topological polar surface area (TPSA) is 26.3 Å². The third-order valence-electron chi connectivity index (χ3n) is 4.31. The molecular weight excluding hydrogens is 244 g/mol. The van der Waals surface area contributed by atoms with Crippen molar-refractivity contribution in [2.45, 2.75) is 71.1 Å². The van der Waals surface area contributed by atoms with Crippen LogP contribution in [0.3, 0.4) is 0 Å². The Bertz CT molecular complexity index is 287. The normalized spacial score (nSPS) is 23.7. The van der Waals surface area contributed by atoms with E-state index in [9.17, 15) is 4.79 Å². The minimum Gasteiger partial charge on any atom is -0.460 e. The Morgan fingerprint density at radius 3 is 1.88 bits per heavy atom. The second-order valence-corrected chi connectivity index (χ2v) is 24.3. The van der Waals surface area contributed by atoms with Gasteiger partial charge in [0.25, 0.3) is 0 Å². The van der Waals surface area contributed by atoms with E-state index >= 15 is 0 Å². The van der Waals surface area contributed by atoms with Crippen LogP contribution in [0.15, 0.2) is 0 Å². The molecule has 0 N–H and O–H groups in total. The van der Waals surface area contributed by atoms with Gasteiger partial charge in [-0.2, -0.15) is 0 Å². The largest absolute Gasteiger partial charge is 0.460 e. The number of rotatable bonds is 2. The summed E-state index contributed by atoms with van der Waals surface area (Å²) in [7, 11) is -2.05. The van der Waals surface area contributed by atoms with Crippen molar-refractivity contribution in [3.8, 4) is 0 Å². The van der Waals surface area contributed by atoms with Gasteiger partial charge in [-0.3, -0.25) is 4.79 Å². The maximum Gasteiger partial charge on any atom is 0.306 e. The van der Waals surface area contributed by atoms with Crippen molar-refractivity contribution in [1.82, 2.24) is 0 Å². The van der Waals surface area contributed by atoms with Gasteiger partial charge in [0.2, 0.25) is 0 Å². The Morgan fingerprint density at radius 1 is 1.12 bits per heavy atom. The predicted octanol–water partition coefficient (Wildman–Crippen LogP) is 3.84. The van der Waals surface area contributed by atoms with Gasteiger partial charge in [-0.15, -0.1) is 0 Å². The molecule has 0 unspecified atom stereocenters. The number of esters is 1. The van der Waals surface area contributed by atoms with Crippen molar-refractivity contribution in [2.24, 2.45) is 5.92 Å². The molecule has 0 aromatic rings. The number of hydrogen-bond acceptors (Lipinski definition) is 2. The zero-order valence-electron chi connectivity index (χ0n) is 12.5. The van der Waals surface area contributed by atoms with Crippen LogP contribution in [0.4, 0.5) is 0 Å². The first-order chi connectivity index (χ1) is 7.43. The fourth-order valence-electron chi connectivity index (χ4n) is 2.83. The average Bonchev–Trinajstić information content (AvgIpc) is 2.13. The van der Waals surface area contributed by atoms with E-state index in [1.165, 1.54) is 12.1 Å². The second kappa shape index (κ2) is 4.54. The molecule has 1 saturated heterocycles. The smallest absolute Gasteiger partial charge is 0.306 e. The van der Waals surface area contributed by atoms with Crippen LogP contribution in [0.5, 0.6) is 0 Å². The molecule has 1 heterocycles. The summed E-state index contributed by atoms with van der Waals surface area (Å²) in [6.45, 7) is 15.9. The molecule has 0 aromatic heterocycles. The van der Waals surface area contributed by atoms with Crippen molar-refractivity contribution >= 4 is 21.2 Å². The Labute approximate surface area is 108 Å². The highest BCUT2D eigenvalue weighted by Gasteiger charge is 2.49. The Kier molecular flexibility index (Phi) is 3.99. The third-order valence-corrected chi connectivity index (χ3v) is 23.4. The van der Waals surface area contributed by atoms with Gasteiger partial charge >= 0.3 is 5.97 Å². The van der Waals surface area contributed by atoms with Gasteiger partial charge in [-0.25, -0.2) is 0 Å². The molecule has 100 valence electrons. The molecule has 0 amide bonds. The quantitative estimate of drug-likeness (QED) is 0.564. The van der Waals surface area contributed by atoms with Crippen molar-refractivity contribution in [1.29, 1.82) is 0 Å². The molecule has 1 fully saturated rings. The minimum atomic E-state index is -1.03. The highest BCUT2D eigenvalue weighted by atomic mass is 29.3. The van der Waals surface area contributed by atoms with Gasteiger partial charge in [0.1, 0.15) is 5.60 Å². The maximum absolute atomic E-state index is 11.8. The highest BCUT2D eigenvalue weighted by Crippen LogP contribution is 2.43. The van der Waals surface area contributed by atoms with Crippen LogP contribution in [0.2, 0.25) is 38.3 Å². The first-order valence-corrected chi connectivity index (χ1v) is 14.1. The van der Waals surface area contributed by atoms with E-state index in [0.29, 0.717) is 12.3 Å². The lowest BCUT2D eigenvalue weighted by molar-refractivity contribution is -0.155. The van der Waals surface area contributed by atoms with E-state index in [1.54, 1.807) is 0 Å². The Balaban J connectivity index is 2.54. The van der Waals surface area contributed by atoms with Gasteiger partial charge in [0.05, 0.1) is 0 Å². The molecule has 1 rings (SSSR count). The lowest BCUT2D eigenvalue weighted by Gasteiger charge is -2.30. The summed E-state index contributed by atoms with van der Waals surface area (Å²) in [6.07, 6.45) is 0.643. The Morgan fingerprint density at radius 2 is 1.53 bits per heavy atom. The predicted molar refractivity (Wildman–Crippen MR) is 78.5 cm³/mol. The van der Waals surface area contributed by atoms with Crippen LogP contribution in [0.25, 0.3) is 0 Å².